The summed E-state index contributed by atoms with van der Waals surface area (Å²) in [4.78, 5) is 26.6. The van der Waals surface area contributed by atoms with E-state index in [0.717, 1.165) is 66.3 Å². The van der Waals surface area contributed by atoms with Crippen molar-refractivity contribution < 1.29 is 9.69 Å². The summed E-state index contributed by atoms with van der Waals surface area (Å²) >= 11 is 0. The molecule has 0 spiro atoms. The largest absolute Gasteiger partial charge is 0.332 e. The molecule has 1 aromatic heterocycles. The van der Waals surface area contributed by atoms with Crippen molar-refractivity contribution in [3.8, 4) is 22.5 Å². The van der Waals surface area contributed by atoms with Crippen LogP contribution in [0.3, 0.4) is 0 Å². The van der Waals surface area contributed by atoms with E-state index in [1.807, 2.05) is 71.6 Å². The van der Waals surface area contributed by atoms with E-state index in [0.29, 0.717) is 5.56 Å². The van der Waals surface area contributed by atoms with Crippen LogP contribution in [0.25, 0.3) is 33.5 Å². The number of fused-ring (bicyclic) bond motifs is 1. The molecule has 0 unspecified atom stereocenters. The topological polar surface area (TPSA) is 50.5 Å². The van der Waals surface area contributed by atoms with Crippen molar-refractivity contribution in [2.75, 3.05) is 32.7 Å². The zero-order chi connectivity index (χ0) is 21.9. The number of rotatable bonds is 4. The first-order valence-electron chi connectivity index (χ1n) is 11.3. The second kappa shape index (κ2) is 8.89. The number of carbonyl (C=O) groups excluding carboxylic acids is 1. The minimum absolute atomic E-state index is 0.0808. The summed E-state index contributed by atoms with van der Waals surface area (Å²) in [6.07, 6.45) is 0. The number of quaternary nitrogens is 1. The molecule has 3 aromatic carbocycles. The second-order valence-corrected chi connectivity index (χ2v) is 8.25. The number of carbonyl (C=O) groups is 1. The number of amides is 1. The van der Waals surface area contributed by atoms with Gasteiger partial charge in [0.25, 0.3) is 5.91 Å². The Bertz CT molecular complexity index is 1230. The van der Waals surface area contributed by atoms with Gasteiger partial charge in [-0.15, -0.1) is 0 Å². The number of hydrogen-bond donors (Lipinski definition) is 1. The van der Waals surface area contributed by atoms with E-state index in [9.17, 15) is 4.79 Å². The minimum Gasteiger partial charge on any atom is -0.332 e. The van der Waals surface area contributed by atoms with E-state index >= 15 is 0 Å². The maximum atomic E-state index is 13.2. The Hall–Kier alpha value is -3.57. The lowest BCUT2D eigenvalue weighted by atomic mass is 10.0. The van der Waals surface area contributed by atoms with Gasteiger partial charge < -0.3 is 9.80 Å². The molecule has 0 aliphatic carbocycles. The minimum atomic E-state index is 0.0808. The van der Waals surface area contributed by atoms with Gasteiger partial charge >= 0.3 is 0 Å². The highest BCUT2D eigenvalue weighted by molar-refractivity contribution is 5.98. The Labute approximate surface area is 188 Å². The monoisotopic (exact) mass is 423 g/mol. The molecule has 5 heteroatoms. The van der Waals surface area contributed by atoms with E-state index in [1.54, 1.807) is 4.90 Å². The van der Waals surface area contributed by atoms with Gasteiger partial charge in [0.05, 0.1) is 55.1 Å². The second-order valence-electron chi connectivity index (χ2n) is 8.25. The average molecular weight is 424 g/mol. The number of aromatic nitrogens is 2. The summed E-state index contributed by atoms with van der Waals surface area (Å²) in [6, 6.07) is 25.9. The third-order valence-corrected chi connectivity index (χ3v) is 6.26. The third-order valence-electron chi connectivity index (χ3n) is 6.26. The Morgan fingerprint density at radius 1 is 0.812 bits per heavy atom. The molecule has 0 radical (unpaired) electrons. The highest BCUT2D eigenvalue weighted by Gasteiger charge is 2.24. The molecule has 0 saturated carbocycles. The van der Waals surface area contributed by atoms with E-state index in [2.05, 4.69) is 19.1 Å². The van der Waals surface area contributed by atoms with Crippen LogP contribution < -0.4 is 4.90 Å². The molecule has 160 valence electrons. The van der Waals surface area contributed by atoms with Crippen LogP contribution in [0.15, 0.2) is 78.9 Å². The van der Waals surface area contributed by atoms with Crippen molar-refractivity contribution in [1.82, 2.24) is 14.9 Å². The van der Waals surface area contributed by atoms with Crippen molar-refractivity contribution in [1.29, 1.82) is 0 Å². The van der Waals surface area contributed by atoms with Crippen LogP contribution in [0.5, 0.6) is 0 Å². The van der Waals surface area contributed by atoms with Gasteiger partial charge in [-0.3, -0.25) is 4.79 Å². The normalized spacial score (nSPS) is 14.6. The van der Waals surface area contributed by atoms with Crippen LogP contribution in [0, 0.1) is 0 Å². The first-order valence-corrected chi connectivity index (χ1v) is 11.3. The lowest BCUT2D eigenvalue weighted by Crippen LogP contribution is -3.14. The highest BCUT2D eigenvalue weighted by atomic mass is 16.2. The number of piperazine rings is 1. The van der Waals surface area contributed by atoms with Gasteiger partial charge in [-0.25, -0.2) is 9.97 Å². The van der Waals surface area contributed by atoms with E-state index in [-0.39, 0.29) is 5.91 Å². The summed E-state index contributed by atoms with van der Waals surface area (Å²) in [5.41, 5.74) is 5.93. The Morgan fingerprint density at radius 2 is 1.38 bits per heavy atom. The van der Waals surface area contributed by atoms with Crippen LogP contribution in [0.4, 0.5) is 0 Å². The average Bonchev–Trinajstić information content (AvgIpc) is 2.88. The lowest BCUT2D eigenvalue weighted by molar-refractivity contribution is -0.902. The Morgan fingerprint density at radius 3 is 1.94 bits per heavy atom. The SMILES string of the molecule is CC[NH+]1CCN(C(=O)c2ccc3nc(-c4ccccc4)c(-c4ccccc4)nc3c2)CC1. The fourth-order valence-corrected chi connectivity index (χ4v) is 4.34. The summed E-state index contributed by atoms with van der Waals surface area (Å²) in [5, 5.41) is 0. The third kappa shape index (κ3) is 3.99. The maximum absolute atomic E-state index is 13.2. The number of likely N-dealkylation sites (N-methyl/N-ethyl adjacent to an activating group) is 1. The van der Waals surface area contributed by atoms with E-state index in [4.69, 9.17) is 9.97 Å². The molecule has 0 atom stereocenters. The lowest BCUT2D eigenvalue weighted by Gasteiger charge is -2.31. The van der Waals surface area contributed by atoms with Gasteiger partial charge in [-0.1, -0.05) is 60.7 Å². The molecule has 1 aliphatic heterocycles. The molecular weight excluding hydrogens is 396 g/mol. The highest BCUT2D eigenvalue weighted by Crippen LogP contribution is 2.31. The van der Waals surface area contributed by atoms with Gasteiger partial charge in [-0.05, 0) is 25.1 Å². The predicted octanol–water partition coefficient (Wildman–Crippen LogP) is 3.32. The molecule has 1 N–H and O–H groups in total. The van der Waals surface area contributed by atoms with Crippen molar-refractivity contribution in [2.24, 2.45) is 0 Å². The number of hydrogen-bond acceptors (Lipinski definition) is 3. The van der Waals surface area contributed by atoms with Crippen molar-refractivity contribution in [3.05, 3.63) is 84.4 Å². The predicted molar refractivity (Wildman–Crippen MR) is 128 cm³/mol. The molecule has 1 saturated heterocycles. The Balaban J connectivity index is 1.56. The summed E-state index contributed by atoms with van der Waals surface area (Å²) in [5.74, 6) is 0.0808. The van der Waals surface area contributed by atoms with E-state index in [1.165, 1.54) is 0 Å². The first-order chi connectivity index (χ1) is 15.7. The molecule has 2 heterocycles. The van der Waals surface area contributed by atoms with Crippen molar-refractivity contribution >= 4 is 16.9 Å². The van der Waals surface area contributed by atoms with Crippen molar-refractivity contribution in [3.63, 3.8) is 0 Å². The Kier molecular flexibility index (Phi) is 5.65. The molecule has 0 bridgehead atoms. The molecule has 1 amide bonds. The van der Waals surface area contributed by atoms with Crippen LogP contribution in [0.1, 0.15) is 17.3 Å². The summed E-state index contributed by atoms with van der Waals surface area (Å²) < 4.78 is 0. The molecule has 1 aliphatic rings. The molecule has 1 fully saturated rings. The standard InChI is InChI=1S/C27H26N4O/c1-2-30-15-17-31(18-16-30)27(32)22-13-14-23-24(19-22)29-26(21-11-7-4-8-12-21)25(28-23)20-9-5-3-6-10-20/h3-14,19H,2,15-18H2,1H3/p+1. The number of nitrogens with one attached hydrogen (secondary N) is 1. The first kappa shape index (κ1) is 20.3. The summed E-state index contributed by atoms with van der Waals surface area (Å²) in [6.45, 7) is 6.92. The van der Waals surface area contributed by atoms with Gasteiger partial charge in [0.1, 0.15) is 0 Å². The fourth-order valence-electron chi connectivity index (χ4n) is 4.34. The molecular formula is C27H27N4O+. The zero-order valence-electron chi connectivity index (χ0n) is 18.3. The van der Waals surface area contributed by atoms with Crippen LogP contribution in [0.2, 0.25) is 0 Å². The van der Waals surface area contributed by atoms with E-state index < -0.39 is 0 Å². The molecule has 4 aromatic rings. The quantitative estimate of drug-likeness (QED) is 0.548. The maximum Gasteiger partial charge on any atom is 0.254 e. The van der Waals surface area contributed by atoms with Gasteiger partial charge in [0.15, 0.2) is 0 Å². The van der Waals surface area contributed by atoms with Crippen LogP contribution >= 0.6 is 0 Å². The fraction of sp³-hybridized carbons (Fsp3) is 0.222. The smallest absolute Gasteiger partial charge is 0.254 e. The number of nitrogens with zero attached hydrogens (tertiary/aromatic N) is 3. The van der Waals surface area contributed by atoms with Gasteiger partial charge in [-0.2, -0.15) is 0 Å². The number of benzene rings is 3. The van der Waals surface area contributed by atoms with Gasteiger partial charge in [0.2, 0.25) is 0 Å². The van der Waals surface area contributed by atoms with Crippen molar-refractivity contribution in [2.45, 2.75) is 6.92 Å². The van der Waals surface area contributed by atoms with Gasteiger partial charge in [0, 0.05) is 16.7 Å². The molecule has 5 nitrogen and oxygen atoms in total. The van der Waals surface area contributed by atoms with Crippen LogP contribution in [-0.2, 0) is 0 Å². The molecule has 5 rings (SSSR count). The van der Waals surface area contributed by atoms with Crippen LogP contribution in [-0.4, -0.2) is 53.5 Å². The zero-order valence-corrected chi connectivity index (χ0v) is 18.3. The summed E-state index contributed by atoms with van der Waals surface area (Å²) in [7, 11) is 0. The molecule has 32 heavy (non-hydrogen) atoms.